The highest BCUT2D eigenvalue weighted by Crippen LogP contribution is 2.38. The number of likely N-dealkylation sites (N-methyl/N-ethyl adjacent to an activating group) is 1. The summed E-state index contributed by atoms with van der Waals surface area (Å²) < 4.78 is 16.3. The van der Waals surface area contributed by atoms with E-state index >= 15 is 0 Å². The highest BCUT2D eigenvalue weighted by Gasteiger charge is 2.32. The molecule has 0 radical (unpaired) electrons. The number of nitrogens with zero attached hydrogens (tertiary/aromatic N) is 1. The lowest BCUT2D eigenvalue weighted by Gasteiger charge is -2.28. The van der Waals surface area contributed by atoms with Crippen molar-refractivity contribution < 1.29 is 28.2 Å². The molecule has 0 amide bonds. The largest absolute Gasteiger partial charge is 0.470 e. The van der Waals surface area contributed by atoms with Gasteiger partial charge in [-0.25, -0.2) is 4.57 Å². The predicted octanol–water partition coefficient (Wildman–Crippen LogP) is 5.86. The Morgan fingerprint density at radius 2 is 1.20 bits per heavy atom. The van der Waals surface area contributed by atoms with Gasteiger partial charge in [-0.1, -0.05) is 90.9 Å². The van der Waals surface area contributed by atoms with Crippen LogP contribution < -0.4 is 0 Å². The second-order valence-corrected chi connectivity index (χ2v) is 11.4. The average Bonchev–Trinajstić information content (AvgIpc) is 2.58. The predicted molar refractivity (Wildman–Crippen MR) is 124 cm³/mol. The SMILES string of the molecule is CC(C)CCCCCCCCCCCCCCC(=O)C(C[N+](C)(C)C)OP(=O)(O)O. The molecule has 0 saturated heterocycles. The standard InChI is InChI=1S/C23H48NO5P/c1-21(2)18-16-14-12-10-8-6-7-9-11-13-15-17-19-22(25)23(20-24(3,4)5)29-30(26,27)28/h21,23H,6-20H2,1-5H3,(H-,26,27,28)/p+1. The van der Waals surface area contributed by atoms with Gasteiger partial charge in [-0.3, -0.25) is 9.32 Å². The van der Waals surface area contributed by atoms with Gasteiger partial charge in [0.25, 0.3) is 0 Å². The average molecular weight is 451 g/mol. The highest BCUT2D eigenvalue weighted by atomic mass is 31.2. The number of hydrogen-bond acceptors (Lipinski definition) is 3. The summed E-state index contributed by atoms with van der Waals surface area (Å²) in [6, 6.07) is 0. The Bertz CT molecular complexity index is 484. The Hall–Kier alpha value is -0.260. The van der Waals surface area contributed by atoms with E-state index in [1.54, 1.807) is 0 Å². The van der Waals surface area contributed by atoms with Gasteiger partial charge >= 0.3 is 7.82 Å². The zero-order valence-electron chi connectivity index (χ0n) is 20.3. The van der Waals surface area contributed by atoms with Crippen LogP contribution in [-0.4, -0.2) is 53.8 Å². The van der Waals surface area contributed by atoms with Gasteiger partial charge < -0.3 is 14.3 Å². The Morgan fingerprint density at radius 3 is 1.57 bits per heavy atom. The maximum absolute atomic E-state index is 12.4. The molecule has 0 heterocycles. The third-order valence-corrected chi connectivity index (χ3v) is 5.82. The van der Waals surface area contributed by atoms with Gasteiger partial charge in [0, 0.05) is 6.42 Å². The molecule has 1 unspecified atom stereocenters. The molecule has 0 fully saturated rings. The molecule has 6 nitrogen and oxygen atoms in total. The summed E-state index contributed by atoms with van der Waals surface area (Å²) in [6.45, 7) is 4.84. The van der Waals surface area contributed by atoms with Crippen molar-refractivity contribution in [1.82, 2.24) is 0 Å². The van der Waals surface area contributed by atoms with E-state index in [1.807, 2.05) is 21.1 Å². The van der Waals surface area contributed by atoms with Gasteiger partial charge in [-0.15, -0.1) is 0 Å². The summed E-state index contributed by atoms with van der Waals surface area (Å²) in [6.07, 6.45) is 15.4. The smallest absolute Gasteiger partial charge is 0.328 e. The number of rotatable bonds is 20. The summed E-state index contributed by atoms with van der Waals surface area (Å²) in [7, 11) is 0.945. The van der Waals surface area contributed by atoms with Crippen molar-refractivity contribution in [2.75, 3.05) is 27.7 Å². The normalized spacial score (nSPS) is 13.7. The van der Waals surface area contributed by atoms with E-state index < -0.39 is 13.9 Å². The monoisotopic (exact) mass is 450 g/mol. The van der Waals surface area contributed by atoms with E-state index in [2.05, 4.69) is 13.8 Å². The summed E-state index contributed by atoms with van der Waals surface area (Å²) in [4.78, 5) is 30.5. The number of carbonyl (C=O) groups excluding carboxylic acids is 1. The van der Waals surface area contributed by atoms with Crippen molar-refractivity contribution in [3.63, 3.8) is 0 Å². The number of phosphoric ester groups is 1. The van der Waals surface area contributed by atoms with Crippen LogP contribution in [0.4, 0.5) is 0 Å². The fraction of sp³-hybridized carbons (Fsp3) is 0.957. The van der Waals surface area contributed by atoms with E-state index in [0.29, 0.717) is 10.9 Å². The van der Waals surface area contributed by atoms with Gasteiger partial charge in [0.05, 0.1) is 21.1 Å². The molecule has 0 rings (SSSR count). The molecule has 7 heteroatoms. The molecular weight excluding hydrogens is 401 g/mol. The molecular formula is C23H49NO5P+. The lowest BCUT2D eigenvalue weighted by atomic mass is 10.0. The summed E-state index contributed by atoms with van der Waals surface area (Å²) >= 11 is 0. The fourth-order valence-electron chi connectivity index (χ4n) is 3.64. The van der Waals surface area contributed by atoms with E-state index in [-0.39, 0.29) is 12.3 Å². The molecule has 1 atom stereocenters. The fourth-order valence-corrected chi connectivity index (χ4v) is 4.15. The number of Topliss-reactive ketones (excluding diaryl/α,β-unsaturated/α-hetero) is 1. The molecule has 0 saturated carbocycles. The van der Waals surface area contributed by atoms with Gasteiger partial charge in [-0.05, 0) is 12.3 Å². The van der Waals surface area contributed by atoms with Gasteiger partial charge in [0.1, 0.15) is 6.54 Å². The third-order valence-electron chi connectivity index (χ3n) is 5.29. The van der Waals surface area contributed by atoms with E-state index in [4.69, 9.17) is 14.3 Å². The lowest BCUT2D eigenvalue weighted by molar-refractivity contribution is -0.872. The highest BCUT2D eigenvalue weighted by molar-refractivity contribution is 7.46. The quantitative estimate of drug-likeness (QED) is 0.138. The Balaban J connectivity index is 3.72. The first kappa shape index (κ1) is 29.7. The van der Waals surface area contributed by atoms with Crippen LogP contribution in [0.1, 0.15) is 104 Å². The van der Waals surface area contributed by atoms with E-state index in [9.17, 15) is 9.36 Å². The van der Waals surface area contributed by atoms with Crippen LogP contribution >= 0.6 is 7.82 Å². The molecule has 0 aromatic carbocycles. The minimum Gasteiger partial charge on any atom is -0.328 e. The van der Waals surface area contributed by atoms with Crippen molar-refractivity contribution in [2.45, 2.75) is 110 Å². The number of phosphoric acid groups is 1. The van der Waals surface area contributed by atoms with Crippen LogP contribution in [0.3, 0.4) is 0 Å². The van der Waals surface area contributed by atoms with Gasteiger partial charge in [-0.2, -0.15) is 0 Å². The zero-order chi connectivity index (χ0) is 23.0. The molecule has 180 valence electrons. The molecule has 0 aliphatic carbocycles. The number of unbranched alkanes of at least 4 members (excludes halogenated alkanes) is 11. The molecule has 0 aliphatic heterocycles. The number of ketones is 1. The molecule has 0 aromatic rings. The molecule has 0 aliphatic rings. The Morgan fingerprint density at radius 1 is 0.800 bits per heavy atom. The van der Waals surface area contributed by atoms with Crippen LogP contribution in [0.2, 0.25) is 0 Å². The van der Waals surface area contributed by atoms with Crippen LogP contribution in [0.5, 0.6) is 0 Å². The topological polar surface area (TPSA) is 83.8 Å². The second-order valence-electron chi connectivity index (χ2n) is 10.2. The van der Waals surface area contributed by atoms with E-state index in [0.717, 1.165) is 25.2 Å². The van der Waals surface area contributed by atoms with Gasteiger partial charge in [0.2, 0.25) is 0 Å². The van der Waals surface area contributed by atoms with Crippen LogP contribution in [-0.2, 0) is 13.9 Å². The molecule has 0 bridgehead atoms. The molecule has 0 aromatic heterocycles. The van der Waals surface area contributed by atoms with Crippen molar-refractivity contribution in [2.24, 2.45) is 5.92 Å². The maximum Gasteiger partial charge on any atom is 0.470 e. The third kappa shape index (κ3) is 21.0. The Labute approximate surface area is 185 Å². The first-order valence-electron chi connectivity index (χ1n) is 12.0. The first-order valence-corrected chi connectivity index (χ1v) is 13.5. The summed E-state index contributed by atoms with van der Waals surface area (Å²) in [5.41, 5.74) is 0. The lowest BCUT2D eigenvalue weighted by Crippen LogP contribution is -2.45. The van der Waals surface area contributed by atoms with Crippen LogP contribution in [0.15, 0.2) is 0 Å². The second kappa shape index (κ2) is 16.4. The van der Waals surface area contributed by atoms with Gasteiger partial charge in [0.15, 0.2) is 11.9 Å². The van der Waals surface area contributed by atoms with Crippen molar-refractivity contribution >= 4 is 13.6 Å². The van der Waals surface area contributed by atoms with Crippen molar-refractivity contribution in [1.29, 1.82) is 0 Å². The molecule has 0 spiro atoms. The Kier molecular flexibility index (Phi) is 16.2. The first-order chi connectivity index (χ1) is 13.9. The minimum absolute atomic E-state index is 0.209. The maximum atomic E-state index is 12.4. The number of quaternary nitrogens is 1. The molecule has 30 heavy (non-hydrogen) atoms. The van der Waals surface area contributed by atoms with Crippen molar-refractivity contribution in [3.8, 4) is 0 Å². The van der Waals surface area contributed by atoms with E-state index in [1.165, 1.54) is 64.2 Å². The number of hydrogen-bond donors (Lipinski definition) is 2. The molecule has 2 N–H and O–H groups in total. The zero-order valence-corrected chi connectivity index (χ0v) is 21.2. The minimum atomic E-state index is -4.67. The van der Waals surface area contributed by atoms with Crippen LogP contribution in [0, 0.1) is 5.92 Å². The summed E-state index contributed by atoms with van der Waals surface area (Å²) in [5, 5.41) is 0. The van der Waals surface area contributed by atoms with Crippen molar-refractivity contribution in [3.05, 3.63) is 0 Å². The number of carbonyl (C=O) groups is 1. The van der Waals surface area contributed by atoms with Crippen LogP contribution in [0.25, 0.3) is 0 Å². The summed E-state index contributed by atoms with van der Waals surface area (Å²) in [5.74, 6) is 0.625.